The maximum absolute atomic E-state index is 12.5. The van der Waals surface area contributed by atoms with E-state index < -0.39 is 52.1 Å². The summed E-state index contributed by atoms with van der Waals surface area (Å²) in [5, 5.41) is 10.6. The average Bonchev–Trinajstić information content (AvgIpc) is 2.84. The second-order valence-electron chi connectivity index (χ2n) is 6.29. The molecule has 0 spiro atoms. The number of pyridine rings is 1. The van der Waals surface area contributed by atoms with Crippen molar-refractivity contribution in [2.75, 3.05) is 6.54 Å². The Hall–Kier alpha value is -1.78. The van der Waals surface area contributed by atoms with Crippen LogP contribution in [0.3, 0.4) is 0 Å². The van der Waals surface area contributed by atoms with Crippen LogP contribution in [0.1, 0.15) is 28.9 Å². The van der Waals surface area contributed by atoms with Crippen LogP contribution in [-0.4, -0.2) is 64.3 Å². The van der Waals surface area contributed by atoms with Gasteiger partial charge in [-0.1, -0.05) is 0 Å². The van der Waals surface area contributed by atoms with Gasteiger partial charge in [-0.2, -0.15) is 22.5 Å². The Labute approximate surface area is 190 Å². The smallest absolute Gasteiger partial charge is 0.724 e. The molecule has 3 heterocycles. The fourth-order valence-corrected chi connectivity index (χ4v) is 3.48. The van der Waals surface area contributed by atoms with Crippen molar-refractivity contribution < 1.29 is 69.6 Å². The molecule has 3 amide bonds. The van der Waals surface area contributed by atoms with Crippen LogP contribution in [0.4, 0.5) is 18.0 Å². The first-order valence-electron chi connectivity index (χ1n) is 8.05. The molecule has 2 aliphatic rings. The number of carbonyl (C=O) groups is 2. The van der Waals surface area contributed by atoms with Gasteiger partial charge in [-0.15, -0.1) is 0 Å². The summed E-state index contributed by atoms with van der Waals surface area (Å²) < 4.78 is 74.0. The van der Waals surface area contributed by atoms with Gasteiger partial charge in [0.1, 0.15) is 11.5 Å². The first kappa shape index (κ1) is 24.5. The first-order valence-corrected chi connectivity index (χ1v) is 9.38. The number of carbonyl (C=O) groups excluding carboxylic acids is 2. The van der Waals surface area contributed by atoms with Crippen LogP contribution in [0.25, 0.3) is 0 Å². The Bertz CT molecular complexity index is 958. The predicted molar refractivity (Wildman–Crippen MR) is 86.0 cm³/mol. The Balaban J connectivity index is 0.00000320. The van der Waals surface area contributed by atoms with Gasteiger partial charge in [0.25, 0.3) is 5.91 Å². The van der Waals surface area contributed by atoms with Gasteiger partial charge in [0, 0.05) is 12.7 Å². The minimum atomic E-state index is -5.17. The fourth-order valence-electron chi connectivity index (χ4n) is 3.10. The second kappa shape index (κ2) is 8.76. The molecule has 2 bridgehead atoms. The van der Waals surface area contributed by atoms with Crippen molar-refractivity contribution in [1.29, 1.82) is 5.41 Å². The number of urea groups is 1. The van der Waals surface area contributed by atoms with E-state index in [1.165, 1.54) is 0 Å². The summed E-state index contributed by atoms with van der Waals surface area (Å²) in [5.41, 5.74) is -1.41. The third-order valence-corrected chi connectivity index (χ3v) is 4.74. The zero-order valence-corrected chi connectivity index (χ0v) is 18.2. The molecule has 2 saturated heterocycles. The summed E-state index contributed by atoms with van der Waals surface area (Å²) in [4.78, 5) is 28.6. The van der Waals surface area contributed by atoms with E-state index in [0.29, 0.717) is 17.3 Å². The third-order valence-electron chi connectivity index (χ3n) is 4.39. The van der Waals surface area contributed by atoms with Crippen LogP contribution in [-0.2, 0) is 20.9 Å². The fraction of sp³-hybridized carbons (Fsp3) is 0.429. The molecule has 16 heteroatoms. The molecule has 0 aromatic carbocycles. The first-order chi connectivity index (χ1) is 13.4. The molecule has 0 unspecified atom stereocenters. The molecule has 0 aliphatic carbocycles. The molecule has 2 atom stereocenters. The van der Waals surface area contributed by atoms with E-state index in [0.717, 1.165) is 11.0 Å². The van der Waals surface area contributed by atoms with Gasteiger partial charge >= 0.3 is 41.8 Å². The Kier molecular flexibility index (Phi) is 7.15. The molecule has 0 radical (unpaired) electrons. The summed E-state index contributed by atoms with van der Waals surface area (Å²) in [5.74, 6) is -1.33. The second-order valence-corrected chi connectivity index (χ2v) is 7.25. The number of alkyl halides is 3. The number of amidine groups is 1. The van der Waals surface area contributed by atoms with Crippen LogP contribution in [0.2, 0.25) is 0 Å². The van der Waals surface area contributed by atoms with E-state index in [1.54, 1.807) is 0 Å². The van der Waals surface area contributed by atoms with Crippen molar-refractivity contribution in [3.05, 3.63) is 29.6 Å². The molecule has 158 valence electrons. The Morgan fingerprint density at radius 3 is 2.53 bits per heavy atom. The number of hydrogen-bond donors (Lipinski definition) is 2. The average molecular weight is 459 g/mol. The largest absolute Gasteiger partial charge is 1.00 e. The summed E-state index contributed by atoms with van der Waals surface area (Å²) in [6.07, 6.45) is -3.60. The van der Waals surface area contributed by atoms with Crippen LogP contribution in [0.5, 0.6) is 0 Å². The number of hydroxylamine groups is 2. The van der Waals surface area contributed by atoms with E-state index in [1.807, 2.05) is 0 Å². The number of rotatable bonds is 4. The number of halogens is 3. The minimum Gasteiger partial charge on any atom is -0.724 e. The maximum Gasteiger partial charge on any atom is 1.00 e. The maximum atomic E-state index is 12.5. The molecule has 2 fully saturated rings. The van der Waals surface area contributed by atoms with Crippen LogP contribution >= 0.6 is 0 Å². The van der Waals surface area contributed by atoms with Gasteiger partial charge in [-0.25, -0.2) is 13.2 Å². The summed E-state index contributed by atoms with van der Waals surface area (Å²) in [7, 11) is -5.17. The van der Waals surface area contributed by atoms with E-state index in [-0.39, 0.29) is 54.5 Å². The van der Waals surface area contributed by atoms with Crippen molar-refractivity contribution in [2.24, 2.45) is 0 Å². The van der Waals surface area contributed by atoms with E-state index >= 15 is 0 Å². The molecular weight excluding hydrogens is 446 g/mol. The van der Waals surface area contributed by atoms with E-state index in [4.69, 9.17) is 5.41 Å². The van der Waals surface area contributed by atoms with Crippen LogP contribution in [0.15, 0.2) is 18.3 Å². The van der Waals surface area contributed by atoms with Gasteiger partial charge in [0.05, 0.1) is 17.6 Å². The van der Waals surface area contributed by atoms with E-state index in [2.05, 4.69) is 14.6 Å². The topological polar surface area (TPSA) is 156 Å². The van der Waals surface area contributed by atoms with Gasteiger partial charge in [0.15, 0.2) is 0 Å². The number of nitrogens with zero attached hydrogens (tertiary/aromatic N) is 3. The third kappa shape index (κ3) is 5.28. The van der Waals surface area contributed by atoms with Crippen molar-refractivity contribution in [3.8, 4) is 0 Å². The minimum absolute atomic E-state index is 0. The van der Waals surface area contributed by atoms with Gasteiger partial charge in [0.2, 0.25) is 10.4 Å². The molecule has 1 aromatic rings. The van der Waals surface area contributed by atoms with Crippen molar-refractivity contribution in [1.82, 2.24) is 20.3 Å². The molecule has 0 saturated carbocycles. The Morgan fingerprint density at radius 2 is 2.00 bits per heavy atom. The summed E-state index contributed by atoms with van der Waals surface area (Å²) >= 11 is 0. The zero-order valence-electron chi connectivity index (χ0n) is 15.3. The molecule has 2 aliphatic heterocycles. The number of piperidine rings is 1. The van der Waals surface area contributed by atoms with Crippen LogP contribution in [0, 0.1) is 5.41 Å². The summed E-state index contributed by atoms with van der Waals surface area (Å²) in [6.45, 7) is -0.0287. The number of fused-ring (bicyclic) bond motifs is 2. The number of nitrogens with one attached hydrogen (secondary N) is 2. The summed E-state index contributed by atoms with van der Waals surface area (Å²) in [6, 6.07) is -1.08. The van der Waals surface area contributed by atoms with Gasteiger partial charge in [-0.3, -0.25) is 15.2 Å². The zero-order chi connectivity index (χ0) is 21.6. The van der Waals surface area contributed by atoms with Crippen molar-refractivity contribution in [3.63, 3.8) is 0 Å². The number of amides is 3. The van der Waals surface area contributed by atoms with E-state index in [9.17, 15) is 35.7 Å². The molecular formula is C14H13F3N5NaO6S. The SMILES string of the molecule is N=C(NC(=O)c1ccc(C(F)(F)F)nc1)[C@@H]1CC[C@@H]2CN1C(=O)N2OS(=O)(=O)[O-].[Na+]. The monoisotopic (exact) mass is 459 g/mol. The van der Waals surface area contributed by atoms with Crippen molar-refractivity contribution in [2.45, 2.75) is 31.1 Å². The van der Waals surface area contributed by atoms with Gasteiger partial charge in [-0.05, 0) is 25.0 Å². The normalized spacial score (nSPS) is 21.3. The van der Waals surface area contributed by atoms with Crippen molar-refractivity contribution >= 4 is 28.2 Å². The molecule has 2 N–H and O–H groups in total. The van der Waals surface area contributed by atoms with Crippen LogP contribution < -0.4 is 34.9 Å². The number of aromatic nitrogens is 1. The standard InChI is InChI=1S/C14H14F3N5O6S.Na/c15-14(16,17)10-4-1-7(5-19-10)12(23)20-11(18)9-3-2-8-6-21(9)13(24)22(8)28-29(25,26)27;/h1,4-5,8-9H,2-3,6H2,(H2,18,20,23)(H,25,26,27);/q;+1/p-1/t8-,9+;/m1./s1. The molecule has 1 aromatic heterocycles. The molecule has 30 heavy (non-hydrogen) atoms. The van der Waals surface area contributed by atoms with Gasteiger partial charge < -0.3 is 14.8 Å². The molecule has 3 rings (SSSR count). The predicted octanol–water partition coefficient (Wildman–Crippen LogP) is -2.53. The number of hydrogen-bond acceptors (Lipinski definition) is 8. The Morgan fingerprint density at radius 1 is 1.33 bits per heavy atom. The quantitative estimate of drug-likeness (QED) is 0.165. The molecule has 11 nitrogen and oxygen atoms in total.